The maximum atomic E-state index is 12.7. The number of nitrogens with zero attached hydrogens (tertiary/aromatic N) is 3. The van der Waals surface area contributed by atoms with Gasteiger partial charge >= 0.3 is 5.69 Å². The Labute approximate surface area is 151 Å². The monoisotopic (exact) mass is 354 g/mol. The van der Waals surface area contributed by atoms with Crippen LogP contribution < -0.4 is 11.0 Å². The molecule has 0 atom stereocenters. The van der Waals surface area contributed by atoms with Gasteiger partial charge in [0, 0.05) is 19.9 Å². The van der Waals surface area contributed by atoms with Crippen molar-refractivity contribution in [3.05, 3.63) is 64.7 Å². The number of methoxy groups -OCH3 is 1. The van der Waals surface area contributed by atoms with E-state index in [0.29, 0.717) is 30.9 Å². The predicted molar refractivity (Wildman–Crippen MR) is 99.0 cm³/mol. The molecule has 0 spiro atoms. The number of hydrogen-bond acceptors (Lipinski definition) is 4. The summed E-state index contributed by atoms with van der Waals surface area (Å²) in [6.07, 6.45) is 2.38. The molecule has 0 aliphatic carbocycles. The molecule has 3 rings (SSSR count). The fraction of sp³-hybridized carbons (Fsp3) is 0.316. The molecule has 1 N–H and O–H groups in total. The van der Waals surface area contributed by atoms with Crippen LogP contribution in [-0.4, -0.2) is 40.3 Å². The van der Waals surface area contributed by atoms with Crippen molar-refractivity contribution in [1.82, 2.24) is 19.4 Å². The first-order valence-corrected chi connectivity index (χ1v) is 8.54. The number of imidazole rings is 1. The molecule has 0 aliphatic rings. The standard InChI is InChI=1S/C19H22N4O3/c1-26-13-12-22-18-16(8-5-10-21-18)23(19(22)25)14-17(24)20-11-9-15-6-3-2-4-7-15/h2-8,10H,9,11-14H2,1H3,(H,20,24). The van der Waals surface area contributed by atoms with E-state index >= 15 is 0 Å². The highest BCUT2D eigenvalue weighted by atomic mass is 16.5. The van der Waals surface area contributed by atoms with Crippen LogP contribution >= 0.6 is 0 Å². The zero-order valence-corrected chi connectivity index (χ0v) is 14.7. The molecule has 0 saturated carbocycles. The number of pyridine rings is 1. The molecule has 2 heterocycles. The molecule has 0 saturated heterocycles. The highest BCUT2D eigenvalue weighted by Gasteiger charge is 2.15. The van der Waals surface area contributed by atoms with Crippen LogP contribution in [-0.2, 0) is 29.0 Å². The third-order valence-electron chi connectivity index (χ3n) is 4.17. The highest BCUT2D eigenvalue weighted by molar-refractivity contribution is 5.79. The van der Waals surface area contributed by atoms with E-state index in [-0.39, 0.29) is 18.1 Å². The molecule has 7 heteroatoms. The smallest absolute Gasteiger partial charge is 0.330 e. The molecule has 136 valence electrons. The van der Waals surface area contributed by atoms with Gasteiger partial charge in [-0.15, -0.1) is 0 Å². The van der Waals surface area contributed by atoms with E-state index in [4.69, 9.17) is 4.74 Å². The Morgan fingerprint density at radius 1 is 1.15 bits per heavy atom. The number of rotatable bonds is 8. The van der Waals surface area contributed by atoms with Gasteiger partial charge in [-0.1, -0.05) is 30.3 Å². The molecular weight excluding hydrogens is 332 g/mol. The second kappa shape index (κ2) is 8.44. The maximum absolute atomic E-state index is 12.7. The van der Waals surface area contributed by atoms with Gasteiger partial charge in [-0.3, -0.25) is 13.9 Å². The molecule has 26 heavy (non-hydrogen) atoms. The number of amides is 1. The quantitative estimate of drug-likeness (QED) is 0.659. The van der Waals surface area contributed by atoms with Crippen molar-refractivity contribution in [2.75, 3.05) is 20.3 Å². The van der Waals surface area contributed by atoms with Crippen LogP contribution in [0.1, 0.15) is 5.56 Å². The predicted octanol–water partition coefficient (Wildman–Crippen LogP) is 1.20. The minimum atomic E-state index is -0.256. The summed E-state index contributed by atoms with van der Waals surface area (Å²) in [6, 6.07) is 13.5. The summed E-state index contributed by atoms with van der Waals surface area (Å²) in [5.41, 5.74) is 2.11. The largest absolute Gasteiger partial charge is 0.383 e. The summed E-state index contributed by atoms with van der Waals surface area (Å²) in [5, 5.41) is 2.87. The van der Waals surface area contributed by atoms with Gasteiger partial charge < -0.3 is 10.1 Å². The third-order valence-corrected chi connectivity index (χ3v) is 4.17. The van der Waals surface area contributed by atoms with Crippen LogP contribution in [0.3, 0.4) is 0 Å². The number of hydrogen-bond donors (Lipinski definition) is 1. The lowest BCUT2D eigenvalue weighted by Gasteiger charge is -2.06. The van der Waals surface area contributed by atoms with E-state index in [2.05, 4.69) is 10.3 Å². The van der Waals surface area contributed by atoms with Crippen LogP contribution in [0.2, 0.25) is 0 Å². The van der Waals surface area contributed by atoms with Crippen molar-refractivity contribution < 1.29 is 9.53 Å². The normalized spacial score (nSPS) is 11.0. The zero-order valence-electron chi connectivity index (χ0n) is 14.7. The van der Waals surface area contributed by atoms with Gasteiger partial charge in [0.25, 0.3) is 0 Å². The van der Waals surface area contributed by atoms with Crippen molar-refractivity contribution in [2.45, 2.75) is 19.5 Å². The lowest BCUT2D eigenvalue weighted by molar-refractivity contribution is -0.121. The zero-order chi connectivity index (χ0) is 18.4. The second-order valence-corrected chi connectivity index (χ2v) is 5.94. The van der Waals surface area contributed by atoms with Crippen LogP contribution in [0.15, 0.2) is 53.5 Å². The Hall–Kier alpha value is -2.93. The molecule has 7 nitrogen and oxygen atoms in total. The second-order valence-electron chi connectivity index (χ2n) is 5.94. The summed E-state index contributed by atoms with van der Waals surface area (Å²) in [4.78, 5) is 29.3. The van der Waals surface area contributed by atoms with Gasteiger partial charge in [0.05, 0.1) is 18.7 Å². The fourth-order valence-corrected chi connectivity index (χ4v) is 2.87. The van der Waals surface area contributed by atoms with E-state index in [9.17, 15) is 9.59 Å². The van der Waals surface area contributed by atoms with Crippen LogP contribution in [0, 0.1) is 0 Å². The molecular formula is C19H22N4O3. The molecule has 0 radical (unpaired) electrons. The molecule has 3 aromatic rings. The van der Waals surface area contributed by atoms with Crippen molar-refractivity contribution in [3.63, 3.8) is 0 Å². The first-order chi connectivity index (χ1) is 12.7. The first-order valence-electron chi connectivity index (χ1n) is 8.54. The van der Waals surface area contributed by atoms with Crippen LogP contribution in [0.25, 0.3) is 11.2 Å². The fourth-order valence-electron chi connectivity index (χ4n) is 2.87. The molecule has 0 aliphatic heterocycles. The maximum Gasteiger partial charge on any atom is 0.330 e. The summed E-state index contributed by atoms with van der Waals surface area (Å²) in [6.45, 7) is 1.29. The first kappa shape index (κ1) is 17.9. The minimum absolute atomic E-state index is 0.0319. The average Bonchev–Trinajstić information content (AvgIpc) is 2.92. The average molecular weight is 354 g/mol. The summed E-state index contributed by atoms with van der Waals surface area (Å²) >= 11 is 0. The summed E-state index contributed by atoms with van der Waals surface area (Å²) in [5.74, 6) is -0.197. The van der Waals surface area contributed by atoms with Crippen LogP contribution in [0.4, 0.5) is 0 Å². The van der Waals surface area contributed by atoms with Gasteiger partial charge in [-0.2, -0.15) is 0 Å². The number of nitrogens with one attached hydrogen (secondary N) is 1. The molecule has 0 bridgehead atoms. The van der Waals surface area contributed by atoms with Gasteiger partial charge in [0.2, 0.25) is 5.91 Å². The molecule has 1 aromatic carbocycles. The molecule has 2 aromatic heterocycles. The number of ether oxygens (including phenoxy) is 1. The molecule has 0 unspecified atom stereocenters. The van der Waals surface area contributed by atoms with Crippen LogP contribution in [0.5, 0.6) is 0 Å². The van der Waals surface area contributed by atoms with Gasteiger partial charge in [-0.05, 0) is 24.1 Å². The Bertz CT molecular complexity index is 931. The number of benzene rings is 1. The van der Waals surface area contributed by atoms with Crippen molar-refractivity contribution in [3.8, 4) is 0 Å². The topological polar surface area (TPSA) is 78.1 Å². The Morgan fingerprint density at radius 2 is 1.96 bits per heavy atom. The van der Waals surface area contributed by atoms with Crippen molar-refractivity contribution >= 4 is 17.1 Å². The highest BCUT2D eigenvalue weighted by Crippen LogP contribution is 2.09. The number of carbonyl (C=O) groups is 1. The van der Waals surface area contributed by atoms with E-state index in [1.165, 1.54) is 9.13 Å². The third kappa shape index (κ3) is 4.00. The SMILES string of the molecule is COCCn1c(=O)n(CC(=O)NCCc2ccccc2)c2cccnc21. The Kier molecular flexibility index (Phi) is 5.80. The Balaban J connectivity index is 1.70. The van der Waals surface area contributed by atoms with Crippen molar-refractivity contribution in [1.29, 1.82) is 0 Å². The van der Waals surface area contributed by atoms with Gasteiger partial charge in [-0.25, -0.2) is 9.78 Å². The lowest BCUT2D eigenvalue weighted by atomic mass is 10.1. The van der Waals surface area contributed by atoms with E-state index < -0.39 is 0 Å². The Morgan fingerprint density at radius 3 is 2.73 bits per heavy atom. The lowest BCUT2D eigenvalue weighted by Crippen LogP contribution is -2.34. The van der Waals surface area contributed by atoms with Gasteiger partial charge in [0.15, 0.2) is 5.65 Å². The van der Waals surface area contributed by atoms with E-state index in [1.807, 2.05) is 30.3 Å². The minimum Gasteiger partial charge on any atom is -0.383 e. The number of carbonyl (C=O) groups excluding carboxylic acids is 1. The number of fused-ring (bicyclic) bond motifs is 1. The molecule has 1 amide bonds. The van der Waals surface area contributed by atoms with E-state index in [1.54, 1.807) is 25.4 Å². The molecule has 0 fully saturated rings. The number of aromatic nitrogens is 3. The van der Waals surface area contributed by atoms with E-state index in [0.717, 1.165) is 12.0 Å². The summed E-state index contributed by atoms with van der Waals surface area (Å²) in [7, 11) is 1.58. The van der Waals surface area contributed by atoms with Gasteiger partial charge in [0.1, 0.15) is 6.54 Å². The summed E-state index contributed by atoms with van der Waals surface area (Å²) < 4.78 is 8.05. The van der Waals surface area contributed by atoms with Crippen molar-refractivity contribution in [2.24, 2.45) is 0 Å².